The summed E-state index contributed by atoms with van der Waals surface area (Å²) in [6, 6.07) is 5.78. The summed E-state index contributed by atoms with van der Waals surface area (Å²) >= 11 is 11.2. The smallest absolute Gasteiger partial charge is 0.161 e. The fraction of sp³-hybridized carbons (Fsp3) is 0.300. The number of rotatable bonds is 1. The minimum atomic E-state index is 0.707. The summed E-state index contributed by atoms with van der Waals surface area (Å²) in [7, 11) is 0. The largest absolute Gasteiger partial charge is 0.334 e. The molecule has 5 heteroatoms. The molecular weight excluding hydrogens is 296 g/mol. The lowest BCUT2D eigenvalue weighted by Crippen LogP contribution is -2.13. The van der Waals surface area contributed by atoms with Crippen molar-refractivity contribution >= 4 is 50.1 Å². The number of thioether (sulfide) groups is 1. The average molecular weight is 306 g/mol. The number of aliphatic imine (C=N–C) groups is 1. The summed E-state index contributed by atoms with van der Waals surface area (Å²) in [5.41, 5.74) is 0.910. The maximum Gasteiger partial charge on any atom is 0.161 e. The highest BCUT2D eigenvalue weighted by Crippen LogP contribution is 2.27. The Morgan fingerprint density at radius 3 is 3.00 bits per heavy atom. The van der Waals surface area contributed by atoms with Crippen LogP contribution in [-0.4, -0.2) is 17.5 Å². The van der Waals surface area contributed by atoms with Gasteiger partial charge < -0.3 is 5.32 Å². The van der Waals surface area contributed by atoms with Gasteiger partial charge in [-0.2, -0.15) is 0 Å². The molecule has 0 aromatic heterocycles. The van der Waals surface area contributed by atoms with Gasteiger partial charge in [0.25, 0.3) is 0 Å². The quantitative estimate of drug-likeness (QED) is 0.848. The predicted molar refractivity (Wildman–Crippen MR) is 72.2 cm³/mol. The molecule has 1 aromatic rings. The van der Waals surface area contributed by atoms with Crippen molar-refractivity contribution in [2.45, 2.75) is 6.42 Å². The second-order valence-corrected chi connectivity index (χ2v) is 5.54. The lowest BCUT2D eigenvalue weighted by atomic mass is 10.3. The van der Waals surface area contributed by atoms with E-state index in [4.69, 9.17) is 11.6 Å². The molecule has 0 bridgehead atoms. The van der Waals surface area contributed by atoms with Crippen molar-refractivity contribution in [3.05, 3.63) is 27.7 Å². The van der Waals surface area contributed by atoms with Crippen LogP contribution in [0.15, 0.2) is 27.7 Å². The second kappa shape index (κ2) is 5.23. The Balaban J connectivity index is 2.13. The Hall–Kier alpha value is -0.190. The topological polar surface area (TPSA) is 24.4 Å². The molecule has 0 spiro atoms. The van der Waals surface area contributed by atoms with Crippen LogP contribution in [0.4, 0.5) is 5.69 Å². The molecular formula is C10H10BrClN2S. The monoisotopic (exact) mass is 304 g/mol. The van der Waals surface area contributed by atoms with Crippen LogP contribution in [0.3, 0.4) is 0 Å². The van der Waals surface area contributed by atoms with Crippen molar-refractivity contribution in [1.82, 2.24) is 0 Å². The Bertz CT molecular complexity index is 395. The van der Waals surface area contributed by atoms with E-state index in [-0.39, 0.29) is 0 Å². The minimum absolute atomic E-state index is 0.707. The molecule has 2 rings (SSSR count). The van der Waals surface area contributed by atoms with Gasteiger partial charge >= 0.3 is 0 Å². The number of hydrogen-bond donors (Lipinski definition) is 1. The molecule has 15 heavy (non-hydrogen) atoms. The first-order valence-corrected chi connectivity index (χ1v) is 6.81. The summed E-state index contributed by atoms with van der Waals surface area (Å²) in [4.78, 5) is 4.39. The Morgan fingerprint density at radius 1 is 1.47 bits per heavy atom. The molecule has 0 saturated heterocycles. The molecule has 80 valence electrons. The number of anilines is 1. The molecule has 0 amide bonds. The third kappa shape index (κ3) is 3.13. The van der Waals surface area contributed by atoms with E-state index in [9.17, 15) is 0 Å². The predicted octanol–water partition coefficient (Wildman–Crippen LogP) is 4.01. The van der Waals surface area contributed by atoms with Gasteiger partial charge in [0.2, 0.25) is 0 Å². The fourth-order valence-corrected chi connectivity index (χ4v) is 2.79. The Labute approximate surface area is 107 Å². The van der Waals surface area contributed by atoms with E-state index < -0.39 is 0 Å². The van der Waals surface area contributed by atoms with E-state index in [1.807, 2.05) is 18.2 Å². The van der Waals surface area contributed by atoms with Crippen molar-refractivity contribution < 1.29 is 0 Å². The standard InChI is InChI=1S/C10H10BrClN2S/c11-7-2-3-9(8(12)6-7)14-10-13-4-1-5-15-10/h2-3,6H,1,4-5H2,(H,13,14). The van der Waals surface area contributed by atoms with E-state index in [1.165, 1.54) is 0 Å². The van der Waals surface area contributed by atoms with E-state index in [2.05, 4.69) is 26.2 Å². The molecule has 2 nitrogen and oxygen atoms in total. The highest BCUT2D eigenvalue weighted by atomic mass is 79.9. The summed E-state index contributed by atoms with van der Waals surface area (Å²) in [5.74, 6) is 1.12. The zero-order valence-corrected chi connectivity index (χ0v) is 11.1. The summed E-state index contributed by atoms with van der Waals surface area (Å²) < 4.78 is 0.983. The highest BCUT2D eigenvalue weighted by molar-refractivity contribution is 9.10. The molecule has 1 aromatic carbocycles. The van der Waals surface area contributed by atoms with Crippen LogP contribution in [0.1, 0.15) is 6.42 Å². The van der Waals surface area contributed by atoms with Crippen LogP contribution in [0, 0.1) is 0 Å². The normalized spacial score (nSPS) is 16.0. The lowest BCUT2D eigenvalue weighted by Gasteiger charge is -2.14. The zero-order valence-electron chi connectivity index (χ0n) is 7.96. The zero-order chi connectivity index (χ0) is 10.7. The molecule has 0 saturated carbocycles. The molecule has 0 unspecified atom stereocenters. The molecule has 1 N–H and O–H groups in total. The van der Waals surface area contributed by atoms with Crippen LogP contribution in [0.5, 0.6) is 0 Å². The minimum Gasteiger partial charge on any atom is -0.334 e. The summed E-state index contributed by atoms with van der Waals surface area (Å²) in [6.07, 6.45) is 1.16. The van der Waals surface area contributed by atoms with Crippen molar-refractivity contribution in [3.8, 4) is 0 Å². The van der Waals surface area contributed by atoms with Gasteiger partial charge in [0.1, 0.15) is 0 Å². The molecule has 0 fully saturated rings. The van der Waals surface area contributed by atoms with Crippen molar-refractivity contribution in [2.75, 3.05) is 17.6 Å². The number of nitrogens with zero attached hydrogens (tertiary/aromatic N) is 1. The van der Waals surface area contributed by atoms with E-state index in [0.717, 1.165) is 34.0 Å². The maximum atomic E-state index is 6.09. The fourth-order valence-electron chi connectivity index (χ4n) is 1.24. The first-order chi connectivity index (χ1) is 7.25. The van der Waals surface area contributed by atoms with Gasteiger partial charge in [-0.3, -0.25) is 4.99 Å². The van der Waals surface area contributed by atoms with Gasteiger partial charge in [-0.05, 0) is 24.6 Å². The van der Waals surface area contributed by atoms with Gasteiger partial charge in [0, 0.05) is 16.8 Å². The van der Waals surface area contributed by atoms with Crippen LogP contribution in [0.2, 0.25) is 5.02 Å². The third-order valence-corrected chi connectivity index (χ3v) is 3.77. The Morgan fingerprint density at radius 2 is 2.33 bits per heavy atom. The molecule has 1 aliphatic heterocycles. The van der Waals surface area contributed by atoms with Gasteiger partial charge in [-0.15, -0.1) is 0 Å². The van der Waals surface area contributed by atoms with Crippen molar-refractivity contribution in [2.24, 2.45) is 4.99 Å². The first-order valence-electron chi connectivity index (χ1n) is 4.65. The van der Waals surface area contributed by atoms with Crippen LogP contribution in [-0.2, 0) is 0 Å². The van der Waals surface area contributed by atoms with Crippen LogP contribution >= 0.6 is 39.3 Å². The Kier molecular flexibility index (Phi) is 3.94. The maximum absolute atomic E-state index is 6.09. The average Bonchev–Trinajstić information content (AvgIpc) is 2.24. The van der Waals surface area contributed by atoms with Crippen molar-refractivity contribution in [1.29, 1.82) is 0 Å². The summed E-state index contributed by atoms with van der Waals surface area (Å²) in [6.45, 7) is 0.906. The molecule has 0 atom stereocenters. The lowest BCUT2D eigenvalue weighted by molar-refractivity contribution is 0.938. The van der Waals surface area contributed by atoms with E-state index in [0.29, 0.717) is 5.02 Å². The number of halogens is 2. The van der Waals surface area contributed by atoms with Crippen LogP contribution in [0.25, 0.3) is 0 Å². The van der Waals surface area contributed by atoms with Crippen LogP contribution < -0.4 is 5.32 Å². The highest BCUT2D eigenvalue weighted by Gasteiger charge is 2.08. The number of hydrogen-bond acceptors (Lipinski definition) is 3. The first kappa shape index (κ1) is 11.3. The van der Waals surface area contributed by atoms with Crippen molar-refractivity contribution in [3.63, 3.8) is 0 Å². The number of benzene rings is 1. The molecule has 1 aliphatic rings. The molecule has 0 radical (unpaired) electrons. The molecule has 1 heterocycles. The number of nitrogens with one attached hydrogen (secondary N) is 1. The second-order valence-electron chi connectivity index (χ2n) is 3.14. The van der Waals surface area contributed by atoms with Gasteiger partial charge in [-0.1, -0.05) is 39.3 Å². The third-order valence-electron chi connectivity index (χ3n) is 1.97. The van der Waals surface area contributed by atoms with E-state index in [1.54, 1.807) is 11.8 Å². The van der Waals surface area contributed by atoms with Gasteiger partial charge in [0.15, 0.2) is 5.17 Å². The van der Waals surface area contributed by atoms with Gasteiger partial charge in [0.05, 0.1) is 10.7 Å². The van der Waals surface area contributed by atoms with E-state index >= 15 is 0 Å². The summed E-state index contributed by atoms with van der Waals surface area (Å²) in [5, 5.41) is 4.91. The SMILES string of the molecule is Clc1cc(Br)ccc1NC1=NCCCS1. The molecule has 0 aliphatic carbocycles. The van der Waals surface area contributed by atoms with Gasteiger partial charge in [-0.25, -0.2) is 0 Å². The number of amidine groups is 1.